The predicted molar refractivity (Wildman–Crippen MR) is 108 cm³/mol. The van der Waals surface area contributed by atoms with Gasteiger partial charge in [0.15, 0.2) is 0 Å². The summed E-state index contributed by atoms with van der Waals surface area (Å²) < 4.78 is 0. The van der Waals surface area contributed by atoms with E-state index in [9.17, 15) is 4.79 Å². The van der Waals surface area contributed by atoms with Crippen LogP contribution in [-0.2, 0) is 11.2 Å². The monoisotopic (exact) mass is 351 g/mol. The van der Waals surface area contributed by atoms with Gasteiger partial charge in [-0.2, -0.15) is 0 Å². The zero-order valence-corrected chi connectivity index (χ0v) is 15.9. The SMILES string of the molecule is CCCC(=O)N(c1ccccc1)C1CC[NH+](CCc2ccccc2)CC1. The minimum atomic E-state index is 0.274. The fraction of sp³-hybridized carbons (Fsp3) is 0.435. The molecule has 3 nitrogen and oxygen atoms in total. The molecule has 0 aliphatic carbocycles. The van der Waals surface area contributed by atoms with E-state index in [1.54, 1.807) is 4.90 Å². The highest BCUT2D eigenvalue weighted by Crippen LogP contribution is 2.22. The molecule has 1 amide bonds. The second kappa shape index (κ2) is 9.54. The summed E-state index contributed by atoms with van der Waals surface area (Å²) in [6.45, 7) is 5.57. The first-order valence-electron chi connectivity index (χ1n) is 10.0. The van der Waals surface area contributed by atoms with Gasteiger partial charge in [0.25, 0.3) is 0 Å². The lowest BCUT2D eigenvalue weighted by atomic mass is 10.0. The van der Waals surface area contributed by atoms with Crippen molar-refractivity contribution in [1.82, 2.24) is 0 Å². The number of nitrogens with one attached hydrogen (secondary N) is 1. The molecule has 1 aliphatic rings. The zero-order chi connectivity index (χ0) is 18.2. The van der Waals surface area contributed by atoms with Gasteiger partial charge in [-0.1, -0.05) is 55.5 Å². The van der Waals surface area contributed by atoms with Crippen LogP contribution in [0.15, 0.2) is 60.7 Å². The van der Waals surface area contributed by atoms with E-state index < -0.39 is 0 Å². The van der Waals surface area contributed by atoms with Gasteiger partial charge in [0.2, 0.25) is 5.91 Å². The van der Waals surface area contributed by atoms with Crippen molar-refractivity contribution in [2.45, 2.75) is 45.1 Å². The number of carbonyl (C=O) groups is 1. The Morgan fingerprint density at radius 2 is 1.62 bits per heavy atom. The lowest BCUT2D eigenvalue weighted by Gasteiger charge is -2.37. The molecule has 3 rings (SSSR count). The van der Waals surface area contributed by atoms with Gasteiger partial charge in [0.1, 0.15) is 0 Å². The maximum atomic E-state index is 12.8. The van der Waals surface area contributed by atoms with Crippen LogP contribution in [0.5, 0.6) is 0 Å². The normalized spacial score (nSPS) is 19.9. The van der Waals surface area contributed by atoms with Crippen molar-refractivity contribution in [3.63, 3.8) is 0 Å². The molecule has 1 saturated heterocycles. The van der Waals surface area contributed by atoms with Crippen LogP contribution in [0.2, 0.25) is 0 Å². The van der Waals surface area contributed by atoms with Crippen molar-refractivity contribution in [2.75, 3.05) is 24.5 Å². The maximum absolute atomic E-state index is 12.8. The van der Waals surface area contributed by atoms with Gasteiger partial charge in [0, 0.05) is 37.4 Å². The number of amides is 1. The van der Waals surface area contributed by atoms with Crippen LogP contribution in [0.4, 0.5) is 5.69 Å². The van der Waals surface area contributed by atoms with Gasteiger partial charge in [-0.25, -0.2) is 0 Å². The summed E-state index contributed by atoms with van der Waals surface area (Å²) >= 11 is 0. The van der Waals surface area contributed by atoms with Gasteiger partial charge in [-0.3, -0.25) is 4.79 Å². The van der Waals surface area contributed by atoms with E-state index in [1.165, 1.54) is 12.1 Å². The van der Waals surface area contributed by atoms with Crippen molar-refractivity contribution in [3.05, 3.63) is 66.2 Å². The summed E-state index contributed by atoms with van der Waals surface area (Å²) in [4.78, 5) is 16.5. The van der Waals surface area contributed by atoms with Crippen LogP contribution >= 0.6 is 0 Å². The lowest BCUT2D eigenvalue weighted by Crippen LogP contribution is -3.13. The Bertz CT molecular complexity index is 663. The van der Waals surface area contributed by atoms with Crippen LogP contribution in [0.25, 0.3) is 0 Å². The largest absolute Gasteiger partial charge is 0.335 e. The molecule has 0 radical (unpaired) electrons. The fourth-order valence-electron chi connectivity index (χ4n) is 3.97. The molecule has 1 aliphatic heterocycles. The number of likely N-dealkylation sites (tertiary alicyclic amines) is 1. The van der Waals surface area contributed by atoms with Gasteiger partial charge in [-0.05, 0) is 24.1 Å². The molecule has 2 aromatic carbocycles. The van der Waals surface area contributed by atoms with E-state index >= 15 is 0 Å². The minimum absolute atomic E-state index is 0.274. The first kappa shape index (κ1) is 18.7. The average molecular weight is 352 g/mol. The van der Waals surface area contributed by atoms with E-state index in [0.717, 1.165) is 44.5 Å². The van der Waals surface area contributed by atoms with E-state index in [2.05, 4.69) is 54.3 Å². The van der Waals surface area contributed by atoms with Gasteiger partial charge in [-0.15, -0.1) is 0 Å². The average Bonchev–Trinajstić information content (AvgIpc) is 2.69. The van der Waals surface area contributed by atoms with Gasteiger partial charge < -0.3 is 9.80 Å². The standard InChI is InChI=1S/C23H30N2O/c1-2-9-23(26)25(21-12-7-4-8-13-21)22-15-18-24(19-16-22)17-14-20-10-5-3-6-11-20/h3-8,10-13,22H,2,9,14-19H2,1H3/p+1. The highest BCUT2D eigenvalue weighted by molar-refractivity contribution is 5.93. The Morgan fingerprint density at radius 1 is 1.00 bits per heavy atom. The third-order valence-corrected chi connectivity index (χ3v) is 5.40. The number of piperidine rings is 1. The molecule has 1 fully saturated rings. The molecule has 26 heavy (non-hydrogen) atoms. The highest BCUT2D eigenvalue weighted by Gasteiger charge is 2.30. The second-order valence-corrected chi connectivity index (χ2v) is 7.32. The summed E-state index contributed by atoms with van der Waals surface area (Å²) in [5, 5.41) is 0. The molecule has 0 bridgehead atoms. The molecule has 0 atom stereocenters. The van der Waals surface area contributed by atoms with Crippen LogP contribution in [-0.4, -0.2) is 31.6 Å². The molecule has 3 heteroatoms. The van der Waals surface area contributed by atoms with Crippen molar-refractivity contribution >= 4 is 11.6 Å². The topological polar surface area (TPSA) is 24.8 Å². The van der Waals surface area contributed by atoms with Crippen LogP contribution in [0.1, 0.15) is 38.2 Å². The number of anilines is 1. The van der Waals surface area contributed by atoms with Gasteiger partial charge >= 0.3 is 0 Å². The molecular weight excluding hydrogens is 320 g/mol. The first-order chi connectivity index (χ1) is 12.8. The smallest absolute Gasteiger partial charge is 0.227 e. The Kier molecular flexibility index (Phi) is 6.84. The molecule has 0 saturated carbocycles. The third-order valence-electron chi connectivity index (χ3n) is 5.40. The number of benzene rings is 2. The molecule has 0 aromatic heterocycles. The number of rotatable bonds is 7. The first-order valence-corrected chi connectivity index (χ1v) is 10.0. The van der Waals surface area contributed by atoms with E-state index in [4.69, 9.17) is 0 Å². The van der Waals surface area contributed by atoms with E-state index in [0.29, 0.717) is 12.5 Å². The molecule has 1 N–H and O–H groups in total. The predicted octanol–water partition coefficient (Wildman–Crippen LogP) is 3.11. The molecule has 0 spiro atoms. The Morgan fingerprint density at radius 3 is 2.23 bits per heavy atom. The molecular formula is C23H31N2O+. The number of hydrogen-bond donors (Lipinski definition) is 1. The number of quaternary nitrogens is 1. The Balaban J connectivity index is 1.58. The summed E-state index contributed by atoms with van der Waals surface area (Å²) in [5.74, 6) is 0.274. The van der Waals surface area contributed by atoms with Crippen LogP contribution in [0, 0.1) is 0 Å². The van der Waals surface area contributed by atoms with Crippen molar-refractivity contribution in [2.24, 2.45) is 0 Å². The third kappa shape index (κ3) is 4.95. The van der Waals surface area contributed by atoms with Crippen molar-refractivity contribution < 1.29 is 9.69 Å². The molecule has 0 unspecified atom stereocenters. The Labute approximate surface area is 157 Å². The second-order valence-electron chi connectivity index (χ2n) is 7.32. The van der Waals surface area contributed by atoms with Crippen molar-refractivity contribution in [1.29, 1.82) is 0 Å². The zero-order valence-electron chi connectivity index (χ0n) is 15.9. The summed E-state index contributed by atoms with van der Waals surface area (Å²) in [6, 6.07) is 21.3. The Hall–Kier alpha value is -2.13. The van der Waals surface area contributed by atoms with E-state index in [-0.39, 0.29) is 5.91 Å². The number of para-hydroxylation sites is 1. The fourth-order valence-corrected chi connectivity index (χ4v) is 3.97. The van der Waals surface area contributed by atoms with Crippen LogP contribution in [0.3, 0.4) is 0 Å². The molecule has 138 valence electrons. The summed E-state index contributed by atoms with van der Waals surface area (Å²) in [7, 11) is 0. The lowest BCUT2D eigenvalue weighted by molar-refractivity contribution is -0.904. The quantitative estimate of drug-likeness (QED) is 0.814. The van der Waals surface area contributed by atoms with Crippen molar-refractivity contribution in [3.8, 4) is 0 Å². The van der Waals surface area contributed by atoms with E-state index in [1.807, 2.05) is 18.2 Å². The number of nitrogens with zero attached hydrogens (tertiary/aromatic N) is 1. The highest BCUT2D eigenvalue weighted by atomic mass is 16.2. The van der Waals surface area contributed by atoms with Gasteiger partial charge in [0.05, 0.1) is 19.6 Å². The summed E-state index contributed by atoms with van der Waals surface area (Å²) in [6.07, 6.45) is 4.86. The summed E-state index contributed by atoms with van der Waals surface area (Å²) in [5.41, 5.74) is 2.48. The molecule has 2 aromatic rings. The maximum Gasteiger partial charge on any atom is 0.227 e. The van der Waals surface area contributed by atoms with Crippen LogP contribution < -0.4 is 9.80 Å². The molecule has 1 heterocycles. The number of carbonyl (C=O) groups excluding carboxylic acids is 1. The number of hydrogen-bond acceptors (Lipinski definition) is 1. The minimum Gasteiger partial charge on any atom is -0.335 e.